The molecule has 148 valence electrons. The maximum atomic E-state index is 12.8. The highest BCUT2D eigenvalue weighted by atomic mass is 16.4. The van der Waals surface area contributed by atoms with Crippen molar-refractivity contribution in [1.29, 1.82) is 0 Å². The molecule has 0 saturated carbocycles. The number of aliphatic carboxylic acids is 1. The molecule has 2 aromatic rings. The van der Waals surface area contributed by atoms with Crippen LogP contribution in [0.2, 0.25) is 0 Å². The van der Waals surface area contributed by atoms with Crippen LogP contribution in [-0.4, -0.2) is 35.0 Å². The van der Waals surface area contributed by atoms with Gasteiger partial charge < -0.3 is 10.0 Å². The van der Waals surface area contributed by atoms with Crippen molar-refractivity contribution in [3.05, 3.63) is 71.8 Å². The highest BCUT2D eigenvalue weighted by Gasteiger charge is 2.44. The van der Waals surface area contributed by atoms with Crippen molar-refractivity contribution in [2.45, 2.75) is 44.4 Å². The summed E-state index contributed by atoms with van der Waals surface area (Å²) in [4.78, 5) is 26.8. The number of aryl methyl sites for hydroxylation is 1. The zero-order valence-corrected chi connectivity index (χ0v) is 16.5. The zero-order chi connectivity index (χ0) is 20.0. The fourth-order valence-electron chi connectivity index (χ4n) is 4.18. The van der Waals surface area contributed by atoms with E-state index in [4.69, 9.17) is 0 Å². The molecule has 2 aromatic carbocycles. The van der Waals surface area contributed by atoms with Crippen molar-refractivity contribution in [2.24, 2.45) is 5.92 Å². The second-order valence-electron chi connectivity index (χ2n) is 7.86. The van der Waals surface area contributed by atoms with Gasteiger partial charge in [0.15, 0.2) is 0 Å². The highest BCUT2D eigenvalue weighted by Crippen LogP contribution is 2.36. The summed E-state index contributed by atoms with van der Waals surface area (Å²) in [7, 11) is 0. The molecular formula is C24H29NO3. The minimum Gasteiger partial charge on any atom is -0.481 e. The van der Waals surface area contributed by atoms with Crippen molar-refractivity contribution in [3.63, 3.8) is 0 Å². The van der Waals surface area contributed by atoms with Crippen LogP contribution >= 0.6 is 0 Å². The van der Waals surface area contributed by atoms with E-state index in [1.165, 1.54) is 5.56 Å². The van der Waals surface area contributed by atoms with Gasteiger partial charge >= 0.3 is 5.97 Å². The molecule has 0 aliphatic carbocycles. The Labute approximate surface area is 167 Å². The average molecular weight is 380 g/mol. The number of rotatable bonds is 7. The number of nitrogens with zero attached hydrogens (tertiary/aromatic N) is 1. The van der Waals surface area contributed by atoms with Crippen LogP contribution in [-0.2, 0) is 21.4 Å². The third kappa shape index (κ3) is 4.44. The van der Waals surface area contributed by atoms with Gasteiger partial charge in [0.1, 0.15) is 0 Å². The summed E-state index contributed by atoms with van der Waals surface area (Å²) in [5.74, 6) is -0.667. The fraction of sp³-hybridized carbons (Fsp3) is 0.417. The smallest absolute Gasteiger partial charge is 0.314 e. The molecule has 1 atom stereocenters. The molecule has 1 N–H and O–H groups in total. The summed E-state index contributed by atoms with van der Waals surface area (Å²) in [6.45, 7) is 3.00. The average Bonchev–Trinajstić information content (AvgIpc) is 2.74. The van der Waals surface area contributed by atoms with Crippen LogP contribution in [0.5, 0.6) is 0 Å². The summed E-state index contributed by atoms with van der Waals surface area (Å²) in [6, 6.07) is 19.8. The van der Waals surface area contributed by atoms with Gasteiger partial charge in [0, 0.05) is 19.0 Å². The molecule has 0 bridgehead atoms. The predicted molar refractivity (Wildman–Crippen MR) is 110 cm³/mol. The lowest BCUT2D eigenvalue weighted by molar-refractivity contribution is -0.149. The Hall–Kier alpha value is -2.62. The molecule has 1 aliphatic rings. The molecule has 0 aromatic heterocycles. The number of hydrogen-bond donors (Lipinski definition) is 1. The monoisotopic (exact) mass is 379 g/mol. The number of benzene rings is 2. The van der Waals surface area contributed by atoms with Gasteiger partial charge in [-0.2, -0.15) is 0 Å². The molecule has 1 aliphatic heterocycles. The molecule has 1 amide bonds. The Morgan fingerprint density at radius 3 is 2.14 bits per heavy atom. The number of carbonyl (C=O) groups is 2. The van der Waals surface area contributed by atoms with Crippen molar-refractivity contribution < 1.29 is 14.7 Å². The van der Waals surface area contributed by atoms with Crippen LogP contribution in [0.3, 0.4) is 0 Å². The van der Waals surface area contributed by atoms with Gasteiger partial charge in [-0.25, -0.2) is 0 Å². The molecule has 3 rings (SSSR count). The van der Waals surface area contributed by atoms with E-state index < -0.39 is 11.4 Å². The molecule has 1 heterocycles. The van der Waals surface area contributed by atoms with Crippen LogP contribution in [0.4, 0.5) is 0 Å². The van der Waals surface area contributed by atoms with E-state index in [2.05, 4.69) is 12.1 Å². The van der Waals surface area contributed by atoms with Crippen molar-refractivity contribution >= 4 is 11.9 Å². The van der Waals surface area contributed by atoms with Gasteiger partial charge in [0.05, 0.1) is 5.41 Å². The Morgan fingerprint density at radius 2 is 1.57 bits per heavy atom. The molecule has 1 fully saturated rings. The minimum atomic E-state index is -0.880. The Kier molecular flexibility index (Phi) is 6.50. The van der Waals surface area contributed by atoms with Gasteiger partial charge in [0.25, 0.3) is 0 Å². The first-order valence-corrected chi connectivity index (χ1v) is 10.1. The van der Waals surface area contributed by atoms with E-state index in [1.807, 2.05) is 60.4 Å². The summed E-state index contributed by atoms with van der Waals surface area (Å²) in [5, 5.41) is 9.90. The normalized spacial score (nSPS) is 17.1. The number of likely N-dealkylation sites (tertiary alicyclic amines) is 1. The fourth-order valence-corrected chi connectivity index (χ4v) is 4.18. The lowest BCUT2D eigenvalue weighted by Crippen LogP contribution is -2.50. The first-order chi connectivity index (χ1) is 13.5. The number of carboxylic acids is 1. The first-order valence-electron chi connectivity index (χ1n) is 10.1. The lowest BCUT2D eigenvalue weighted by Gasteiger charge is -2.40. The minimum absolute atomic E-state index is 0.0298. The lowest BCUT2D eigenvalue weighted by atomic mass is 9.72. The molecule has 0 spiro atoms. The summed E-state index contributed by atoms with van der Waals surface area (Å²) >= 11 is 0. The van der Waals surface area contributed by atoms with E-state index in [1.54, 1.807) is 0 Å². The number of hydrogen-bond acceptors (Lipinski definition) is 2. The molecule has 28 heavy (non-hydrogen) atoms. The predicted octanol–water partition coefficient (Wildman–Crippen LogP) is 4.29. The Morgan fingerprint density at radius 1 is 1.00 bits per heavy atom. The number of amides is 1. The van der Waals surface area contributed by atoms with Gasteiger partial charge in [-0.1, -0.05) is 67.6 Å². The standard InChI is InChI=1S/C24H29NO3/c1-19(9-8-12-20-10-4-2-5-11-20)22(26)25-17-15-24(16-18-25,23(27)28)21-13-6-3-7-14-21/h2-7,10-11,13-14,19H,8-9,12,15-18H2,1H3,(H,27,28). The largest absolute Gasteiger partial charge is 0.481 e. The van der Waals surface area contributed by atoms with E-state index in [0.717, 1.165) is 24.8 Å². The number of piperidine rings is 1. The van der Waals surface area contributed by atoms with E-state index in [9.17, 15) is 14.7 Å². The van der Waals surface area contributed by atoms with Crippen LogP contribution < -0.4 is 0 Å². The van der Waals surface area contributed by atoms with Crippen molar-refractivity contribution in [2.75, 3.05) is 13.1 Å². The van der Waals surface area contributed by atoms with Gasteiger partial charge in [-0.15, -0.1) is 0 Å². The second-order valence-corrected chi connectivity index (χ2v) is 7.86. The maximum Gasteiger partial charge on any atom is 0.314 e. The van der Waals surface area contributed by atoms with Crippen molar-refractivity contribution in [3.8, 4) is 0 Å². The molecule has 4 nitrogen and oxygen atoms in total. The van der Waals surface area contributed by atoms with E-state index in [-0.39, 0.29) is 11.8 Å². The van der Waals surface area contributed by atoms with Gasteiger partial charge in [-0.3, -0.25) is 9.59 Å². The van der Waals surface area contributed by atoms with E-state index >= 15 is 0 Å². The van der Waals surface area contributed by atoms with Crippen LogP contribution in [0.15, 0.2) is 60.7 Å². The summed E-state index contributed by atoms with van der Waals surface area (Å²) in [6.07, 6.45) is 3.75. The Bertz CT molecular complexity index is 780. The quantitative estimate of drug-likeness (QED) is 0.781. The first kappa shape index (κ1) is 20.1. The van der Waals surface area contributed by atoms with Gasteiger partial charge in [-0.05, 0) is 43.2 Å². The van der Waals surface area contributed by atoms with Crippen LogP contribution in [0, 0.1) is 5.92 Å². The Balaban J connectivity index is 1.54. The number of carbonyl (C=O) groups excluding carboxylic acids is 1. The molecule has 1 unspecified atom stereocenters. The molecule has 1 saturated heterocycles. The highest BCUT2D eigenvalue weighted by molar-refractivity contribution is 5.83. The van der Waals surface area contributed by atoms with Gasteiger partial charge in [0.2, 0.25) is 5.91 Å². The second kappa shape index (κ2) is 9.05. The topological polar surface area (TPSA) is 57.6 Å². The summed E-state index contributed by atoms with van der Waals surface area (Å²) in [5.41, 5.74) is 1.26. The molecular weight excluding hydrogens is 350 g/mol. The number of carboxylic acid groups (broad SMARTS) is 1. The SMILES string of the molecule is CC(CCCc1ccccc1)C(=O)N1CCC(C(=O)O)(c2ccccc2)CC1. The van der Waals surface area contributed by atoms with Crippen LogP contribution in [0.1, 0.15) is 43.7 Å². The molecule has 4 heteroatoms. The third-order valence-corrected chi connectivity index (χ3v) is 6.03. The zero-order valence-electron chi connectivity index (χ0n) is 16.5. The maximum absolute atomic E-state index is 12.8. The van der Waals surface area contributed by atoms with E-state index in [0.29, 0.717) is 25.9 Å². The van der Waals surface area contributed by atoms with Crippen molar-refractivity contribution in [1.82, 2.24) is 4.90 Å². The van der Waals surface area contributed by atoms with Crippen LogP contribution in [0.25, 0.3) is 0 Å². The third-order valence-electron chi connectivity index (χ3n) is 6.03. The molecule has 0 radical (unpaired) electrons. The summed E-state index contributed by atoms with van der Waals surface area (Å²) < 4.78 is 0.